The third kappa shape index (κ3) is 4.17. The predicted molar refractivity (Wildman–Crippen MR) is 117 cm³/mol. The molecule has 4 N–H and O–H groups in total. The van der Waals surface area contributed by atoms with Crippen LogP contribution in [-0.2, 0) is 19.6 Å². The Hall–Kier alpha value is -2.00. The van der Waals surface area contributed by atoms with Crippen molar-refractivity contribution in [1.29, 1.82) is 0 Å². The SMILES string of the molecule is Cc1cccc(S(=O)(=O)NC(C)(C)CC(=O)NC2C3CC4CC2CC(C(N)=O)(C4)C3)c1F. The number of hydrogen-bond donors (Lipinski definition) is 3. The third-order valence-corrected chi connectivity index (χ3v) is 9.30. The number of hydrogen-bond acceptors (Lipinski definition) is 4. The number of carbonyl (C=O) groups excluding carboxylic acids is 2. The van der Waals surface area contributed by atoms with Crippen LogP contribution in [0.2, 0.25) is 0 Å². The molecular formula is C23H32FN3O4S. The summed E-state index contributed by atoms with van der Waals surface area (Å²) in [5.74, 6) is -0.343. The summed E-state index contributed by atoms with van der Waals surface area (Å²) in [7, 11) is -4.14. The molecule has 0 saturated heterocycles. The molecule has 32 heavy (non-hydrogen) atoms. The lowest BCUT2D eigenvalue weighted by atomic mass is 9.47. The number of rotatable bonds is 7. The molecule has 0 spiro atoms. The van der Waals surface area contributed by atoms with Gasteiger partial charge in [-0.05, 0) is 82.3 Å². The molecule has 1 aromatic carbocycles. The number of aryl methyl sites for hydroxylation is 1. The van der Waals surface area contributed by atoms with Crippen LogP contribution in [0.25, 0.3) is 0 Å². The van der Waals surface area contributed by atoms with Gasteiger partial charge in [-0.2, -0.15) is 0 Å². The van der Waals surface area contributed by atoms with Gasteiger partial charge in [0.15, 0.2) is 0 Å². The molecule has 4 aliphatic carbocycles. The number of sulfonamides is 1. The number of nitrogens with one attached hydrogen (secondary N) is 2. The number of amides is 2. The average molecular weight is 466 g/mol. The van der Waals surface area contributed by atoms with Gasteiger partial charge in [0.2, 0.25) is 21.8 Å². The molecule has 0 aromatic heterocycles. The van der Waals surface area contributed by atoms with E-state index < -0.39 is 31.7 Å². The molecule has 4 fully saturated rings. The van der Waals surface area contributed by atoms with Gasteiger partial charge in [0, 0.05) is 23.4 Å². The molecule has 7 nitrogen and oxygen atoms in total. The van der Waals surface area contributed by atoms with Gasteiger partial charge in [0.25, 0.3) is 0 Å². The maximum Gasteiger partial charge on any atom is 0.243 e. The van der Waals surface area contributed by atoms with Crippen LogP contribution in [0.4, 0.5) is 4.39 Å². The van der Waals surface area contributed by atoms with E-state index in [9.17, 15) is 22.4 Å². The normalized spacial score (nSPS) is 31.5. The van der Waals surface area contributed by atoms with E-state index >= 15 is 0 Å². The summed E-state index contributed by atoms with van der Waals surface area (Å²) in [5, 5.41) is 3.12. The Morgan fingerprint density at radius 1 is 1.19 bits per heavy atom. The number of carbonyl (C=O) groups is 2. The van der Waals surface area contributed by atoms with E-state index in [2.05, 4.69) is 10.0 Å². The molecule has 0 heterocycles. The molecule has 2 atom stereocenters. The summed E-state index contributed by atoms with van der Waals surface area (Å²) in [6.07, 6.45) is 4.17. The quantitative estimate of drug-likeness (QED) is 0.573. The van der Waals surface area contributed by atoms with Gasteiger partial charge in [0.05, 0.1) is 0 Å². The summed E-state index contributed by atoms with van der Waals surface area (Å²) in [6.45, 7) is 4.72. The fourth-order valence-electron chi connectivity index (χ4n) is 6.48. The summed E-state index contributed by atoms with van der Waals surface area (Å²) in [4.78, 5) is 24.6. The van der Waals surface area contributed by atoms with Crippen molar-refractivity contribution in [3.05, 3.63) is 29.6 Å². The molecule has 2 amide bonds. The van der Waals surface area contributed by atoms with Crippen LogP contribution in [0.1, 0.15) is 57.9 Å². The number of primary amides is 1. The second kappa shape index (κ2) is 7.80. The maximum absolute atomic E-state index is 14.4. The summed E-state index contributed by atoms with van der Waals surface area (Å²) in [5.41, 5.74) is 4.43. The molecule has 0 aliphatic heterocycles. The molecule has 2 unspecified atom stereocenters. The van der Waals surface area contributed by atoms with E-state index in [0.29, 0.717) is 18.8 Å². The summed E-state index contributed by atoms with van der Waals surface area (Å²) in [6, 6.07) is 4.18. The Labute approximate surface area is 188 Å². The molecule has 4 bridgehead atoms. The van der Waals surface area contributed by atoms with Crippen LogP contribution in [-0.4, -0.2) is 31.8 Å². The third-order valence-electron chi connectivity index (χ3n) is 7.58. The van der Waals surface area contributed by atoms with Crippen molar-refractivity contribution in [1.82, 2.24) is 10.0 Å². The van der Waals surface area contributed by atoms with E-state index in [1.54, 1.807) is 13.8 Å². The first-order valence-corrected chi connectivity index (χ1v) is 12.7. The molecule has 9 heteroatoms. The zero-order valence-electron chi connectivity index (χ0n) is 18.8. The van der Waals surface area contributed by atoms with Gasteiger partial charge in [-0.15, -0.1) is 0 Å². The van der Waals surface area contributed by atoms with Crippen LogP contribution >= 0.6 is 0 Å². The molecule has 176 valence electrons. The van der Waals surface area contributed by atoms with E-state index in [0.717, 1.165) is 19.3 Å². The Balaban J connectivity index is 1.42. The van der Waals surface area contributed by atoms with Crippen molar-refractivity contribution >= 4 is 21.8 Å². The number of halogens is 1. The second-order valence-electron chi connectivity index (χ2n) is 10.8. The Morgan fingerprint density at radius 2 is 1.81 bits per heavy atom. The highest BCUT2D eigenvalue weighted by atomic mass is 32.2. The zero-order chi connectivity index (χ0) is 23.5. The van der Waals surface area contributed by atoms with Gasteiger partial charge in [0.1, 0.15) is 10.7 Å². The molecule has 0 radical (unpaired) electrons. The average Bonchev–Trinajstić information content (AvgIpc) is 2.64. The van der Waals surface area contributed by atoms with Crippen molar-refractivity contribution in [3.63, 3.8) is 0 Å². The lowest BCUT2D eigenvalue weighted by Gasteiger charge is -2.58. The highest BCUT2D eigenvalue weighted by Gasteiger charge is 2.58. The van der Waals surface area contributed by atoms with Gasteiger partial charge in [-0.1, -0.05) is 12.1 Å². The fourth-order valence-corrected chi connectivity index (χ4v) is 8.05. The van der Waals surface area contributed by atoms with E-state index in [1.165, 1.54) is 25.1 Å². The summed E-state index contributed by atoms with van der Waals surface area (Å²) >= 11 is 0. The fraction of sp³-hybridized carbons (Fsp3) is 0.652. The molecule has 4 aliphatic rings. The smallest absolute Gasteiger partial charge is 0.243 e. The van der Waals surface area contributed by atoms with Crippen molar-refractivity contribution in [3.8, 4) is 0 Å². The first-order chi connectivity index (χ1) is 14.8. The van der Waals surface area contributed by atoms with Crippen LogP contribution in [0.15, 0.2) is 23.1 Å². The van der Waals surface area contributed by atoms with Crippen LogP contribution in [0, 0.1) is 35.9 Å². The Kier molecular flexibility index (Phi) is 5.65. The first kappa shape index (κ1) is 23.2. The van der Waals surface area contributed by atoms with Gasteiger partial charge in [-0.25, -0.2) is 17.5 Å². The molecule has 1 aromatic rings. The largest absolute Gasteiger partial charge is 0.369 e. The molecule has 4 saturated carbocycles. The lowest BCUT2D eigenvalue weighted by molar-refractivity contribution is -0.147. The van der Waals surface area contributed by atoms with Crippen molar-refractivity contribution in [2.45, 2.75) is 75.8 Å². The van der Waals surface area contributed by atoms with Crippen LogP contribution in [0.3, 0.4) is 0 Å². The minimum absolute atomic E-state index is 0.0202. The highest BCUT2D eigenvalue weighted by Crippen LogP contribution is 2.59. The van der Waals surface area contributed by atoms with Crippen molar-refractivity contribution < 1.29 is 22.4 Å². The van der Waals surface area contributed by atoms with E-state index in [1.807, 2.05) is 0 Å². The predicted octanol–water partition coefficient (Wildman–Crippen LogP) is 2.38. The lowest BCUT2D eigenvalue weighted by Crippen LogP contribution is -2.62. The highest BCUT2D eigenvalue weighted by molar-refractivity contribution is 7.89. The minimum atomic E-state index is -4.14. The minimum Gasteiger partial charge on any atom is -0.369 e. The first-order valence-electron chi connectivity index (χ1n) is 11.2. The Bertz CT molecular complexity index is 1040. The van der Waals surface area contributed by atoms with E-state index in [4.69, 9.17) is 5.73 Å². The van der Waals surface area contributed by atoms with Gasteiger partial charge in [-0.3, -0.25) is 9.59 Å². The Morgan fingerprint density at radius 3 is 2.41 bits per heavy atom. The maximum atomic E-state index is 14.4. The number of nitrogens with two attached hydrogens (primary N) is 1. The van der Waals surface area contributed by atoms with Gasteiger partial charge >= 0.3 is 0 Å². The van der Waals surface area contributed by atoms with Crippen molar-refractivity contribution in [2.24, 2.45) is 28.9 Å². The molecule has 5 rings (SSSR count). The van der Waals surface area contributed by atoms with Gasteiger partial charge < -0.3 is 11.1 Å². The van der Waals surface area contributed by atoms with E-state index in [-0.39, 0.29) is 41.7 Å². The number of benzene rings is 1. The monoisotopic (exact) mass is 465 g/mol. The van der Waals surface area contributed by atoms with Crippen LogP contribution in [0.5, 0.6) is 0 Å². The second-order valence-corrected chi connectivity index (χ2v) is 12.4. The van der Waals surface area contributed by atoms with Crippen LogP contribution < -0.4 is 15.8 Å². The standard InChI is InChI=1S/C23H32FN3O4S/c1-13-5-4-6-17(19(13)24)32(30,31)27-22(2,3)12-18(28)26-20-15-7-14-8-16(20)11-23(9-14,10-15)21(25)29/h4-6,14-16,20,27H,7-12H2,1-3H3,(H2,25,29)(H,26,28). The zero-order valence-corrected chi connectivity index (χ0v) is 19.6. The summed E-state index contributed by atoms with van der Waals surface area (Å²) < 4.78 is 42.4. The molecular weight excluding hydrogens is 433 g/mol. The topological polar surface area (TPSA) is 118 Å². The van der Waals surface area contributed by atoms with Crippen molar-refractivity contribution in [2.75, 3.05) is 0 Å².